The Morgan fingerprint density at radius 1 is 1.61 bits per heavy atom. The van der Waals surface area contributed by atoms with Crippen LogP contribution in [0.4, 0.5) is 0 Å². The van der Waals surface area contributed by atoms with E-state index in [0.717, 1.165) is 37.5 Å². The van der Waals surface area contributed by atoms with E-state index in [0.29, 0.717) is 0 Å². The van der Waals surface area contributed by atoms with Crippen molar-refractivity contribution in [2.24, 2.45) is 4.99 Å². The lowest BCUT2D eigenvalue weighted by Gasteiger charge is -2.14. The van der Waals surface area contributed by atoms with Crippen LogP contribution in [0.15, 0.2) is 40.1 Å². The minimum Gasteiger partial charge on any atom is -0.469 e. The molecule has 0 unspecified atom stereocenters. The highest BCUT2D eigenvalue weighted by Crippen LogP contribution is 2.10. The zero-order valence-electron chi connectivity index (χ0n) is 10.3. The van der Waals surface area contributed by atoms with Gasteiger partial charge in [0.05, 0.1) is 19.9 Å². The highest BCUT2D eigenvalue weighted by molar-refractivity contribution is 5.87. The van der Waals surface area contributed by atoms with Crippen LogP contribution in [-0.2, 0) is 16.0 Å². The maximum absolute atomic E-state index is 11.0. The standard InChI is InChI=1S/C13H16N2O3/c1-17-13(16)6-8-15-9-7-14-12(15)5-4-11-3-2-10-18-11/h2-3,6,8,10H,4-5,7,9H2,1H3/b8-6+. The number of methoxy groups -OCH3 is 1. The number of carbonyl (C=O) groups is 1. The summed E-state index contributed by atoms with van der Waals surface area (Å²) in [7, 11) is 1.36. The molecule has 0 fully saturated rings. The molecule has 0 spiro atoms. The normalized spacial score (nSPS) is 15.2. The summed E-state index contributed by atoms with van der Waals surface area (Å²) in [4.78, 5) is 17.4. The quantitative estimate of drug-likeness (QED) is 0.587. The molecule has 0 bridgehead atoms. The molecule has 1 aliphatic rings. The van der Waals surface area contributed by atoms with Crippen molar-refractivity contribution in [3.8, 4) is 0 Å². The van der Waals surface area contributed by atoms with Gasteiger partial charge in [0, 0.05) is 31.7 Å². The molecule has 0 aromatic carbocycles. The molecule has 1 aromatic rings. The molecule has 0 aliphatic carbocycles. The molecule has 1 aliphatic heterocycles. The Hall–Kier alpha value is -2.04. The highest BCUT2D eigenvalue weighted by Gasteiger charge is 2.14. The second kappa shape index (κ2) is 6.05. The van der Waals surface area contributed by atoms with E-state index in [9.17, 15) is 4.79 Å². The van der Waals surface area contributed by atoms with Crippen molar-refractivity contribution in [2.45, 2.75) is 12.8 Å². The van der Waals surface area contributed by atoms with Gasteiger partial charge in [0.25, 0.3) is 0 Å². The second-order valence-electron chi connectivity index (χ2n) is 3.91. The zero-order chi connectivity index (χ0) is 12.8. The summed E-state index contributed by atoms with van der Waals surface area (Å²) in [6.45, 7) is 1.57. The Bertz CT molecular complexity index is 449. The van der Waals surface area contributed by atoms with E-state index in [1.54, 1.807) is 12.5 Å². The molecule has 0 radical (unpaired) electrons. The number of hydrogen-bond donors (Lipinski definition) is 0. The summed E-state index contributed by atoms with van der Waals surface area (Å²) in [5.74, 6) is 1.57. The van der Waals surface area contributed by atoms with Gasteiger partial charge in [0.15, 0.2) is 0 Å². The largest absolute Gasteiger partial charge is 0.469 e. The third kappa shape index (κ3) is 3.23. The maximum atomic E-state index is 11.0. The molecule has 0 atom stereocenters. The van der Waals surface area contributed by atoms with Gasteiger partial charge in [-0.2, -0.15) is 0 Å². The molecular formula is C13H16N2O3. The summed E-state index contributed by atoms with van der Waals surface area (Å²) >= 11 is 0. The monoisotopic (exact) mass is 248 g/mol. The SMILES string of the molecule is COC(=O)/C=C/N1CCN=C1CCc1ccco1. The first-order chi connectivity index (χ1) is 8.79. The fourth-order valence-corrected chi connectivity index (χ4v) is 1.80. The van der Waals surface area contributed by atoms with Crippen molar-refractivity contribution in [3.63, 3.8) is 0 Å². The second-order valence-corrected chi connectivity index (χ2v) is 3.91. The van der Waals surface area contributed by atoms with Crippen LogP contribution in [0.1, 0.15) is 12.2 Å². The van der Waals surface area contributed by atoms with Crippen LogP contribution in [0, 0.1) is 0 Å². The van der Waals surface area contributed by atoms with Gasteiger partial charge >= 0.3 is 5.97 Å². The van der Waals surface area contributed by atoms with Crippen molar-refractivity contribution in [1.82, 2.24) is 4.90 Å². The summed E-state index contributed by atoms with van der Waals surface area (Å²) < 4.78 is 9.84. The molecule has 0 saturated heterocycles. The van der Waals surface area contributed by atoms with Crippen LogP contribution in [0.2, 0.25) is 0 Å². The molecular weight excluding hydrogens is 232 g/mol. The van der Waals surface area contributed by atoms with Gasteiger partial charge in [-0.05, 0) is 12.1 Å². The molecule has 18 heavy (non-hydrogen) atoms. The van der Waals surface area contributed by atoms with Gasteiger partial charge in [-0.1, -0.05) is 0 Å². The first-order valence-corrected chi connectivity index (χ1v) is 5.88. The van der Waals surface area contributed by atoms with Gasteiger partial charge in [0.1, 0.15) is 11.6 Å². The average Bonchev–Trinajstić information content (AvgIpc) is 3.04. The van der Waals surface area contributed by atoms with Gasteiger partial charge in [-0.25, -0.2) is 4.79 Å². The Morgan fingerprint density at radius 2 is 2.50 bits per heavy atom. The predicted molar refractivity (Wildman–Crippen MR) is 67.2 cm³/mol. The fourth-order valence-electron chi connectivity index (χ4n) is 1.80. The van der Waals surface area contributed by atoms with Crippen molar-refractivity contribution in [1.29, 1.82) is 0 Å². The first kappa shape index (κ1) is 12.4. The lowest BCUT2D eigenvalue weighted by Crippen LogP contribution is -2.22. The maximum Gasteiger partial charge on any atom is 0.331 e. The van der Waals surface area contributed by atoms with E-state index in [1.807, 2.05) is 17.0 Å². The molecule has 1 aromatic heterocycles. The molecule has 96 valence electrons. The van der Waals surface area contributed by atoms with E-state index in [2.05, 4.69) is 9.73 Å². The van der Waals surface area contributed by atoms with E-state index >= 15 is 0 Å². The van der Waals surface area contributed by atoms with Crippen LogP contribution in [0.25, 0.3) is 0 Å². The average molecular weight is 248 g/mol. The number of hydrogen-bond acceptors (Lipinski definition) is 5. The lowest BCUT2D eigenvalue weighted by atomic mass is 10.2. The molecule has 0 N–H and O–H groups in total. The van der Waals surface area contributed by atoms with Gasteiger partial charge in [0.2, 0.25) is 0 Å². The fraction of sp³-hybridized carbons (Fsp3) is 0.385. The predicted octanol–water partition coefficient (Wildman–Crippen LogP) is 1.61. The zero-order valence-corrected chi connectivity index (χ0v) is 10.3. The summed E-state index contributed by atoms with van der Waals surface area (Å²) in [5.41, 5.74) is 0. The molecule has 0 saturated carbocycles. The first-order valence-electron chi connectivity index (χ1n) is 5.88. The molecule has 2 heterocycles. The Kier molecular flexibility index (Phi) is 4.17. The minimum atomic E-state index is -0.354. The van der Waals surface area contributed by atoms with Crippen LogP contribution in [0.3, 0.4) is 0 Å². The highest BCUT2D eigenvalue weighted by atomic mass is 16.5. The summed E-state index contributed by atoms with van der Waals surface area (Å²) in [6.07, 6.45) is 6.42. The number of ether oxygens (including phenoxy) is 1. The van der Waals surface area contributed by atoms with Crippen LogP contribution >= 0.6 is 0 Å². The third-order valence-corrected chi connectivity index (χ3v) is 2.73. The van der Waals surface area contributed by atoms with Gasteiger partial charge < -0.3 is 14.1 Å². The topological polar surface area (TPSA) is 55.0 Å². The number of aliphatic imine (C=N–C) groups is 1. The van der Waals surface area contributed by atoms with E-state index in [4.69, 9.17) is 4.42 Å². The Balaban J connectivity index is 1.87. The summed E-state index contributed by atoms with van der Waals surface area (Å²) in [6, 6.07) is 3.82. The smallest absolute Gasteiger partial charge is 0.331 e. The van der Waals surface area contributed by atoms with Crippen molar-refractivity contribution >= 4 is 11.8 Å². The van der Waals surface area contributed by atoms with E-state index in [1.165, 1.54) is 13.2 Å². The number of esters is 1. The number of carbonyl (C=O) groups excluding carboxylic acids is 1. The minimum absolute atomic E-state index is 0.354. The number of amidine groups is 1. The summed E-state index contributed by atoms with van der Waals surface area (Å²) in [5, 5.41) is 0. The molecule has 0 amide bonds. The number of aryl methyl sites for hydroxylation is 1. The van der Waals surface area contributed by atoms with Crippen molar-refractivity contribution in [2.75, 3.05) is 20.2 Å². The van der Waals surface area contributed by atoms with Gasteiger partial charge in [-0.3, -0.25) is 4.99 Å². The Morgan fingerprint density at radius 3 is 3.22 bits per heavy atom. The lowest BCUT2D eigenvalue weighted by molar-refractivity contribution is -0.134. The van der Waals surface area contributed by atoms with Crippen molar-refractivity contribution < 1.29 is 13.9 Å². The van der Waals surface area contributed by atoms with Crippen LogP contribution < -0.4 is 0 Å². The van der Waals surface area contributed by atoms with Crippen molar-refractivity contribution in [3.05, 3.63) is 36.4 Å². The Labute approximate surface area is 106 Å². The van der Waals surface area contributed by atoms with Crippen LogP contribution in [-0.4, -0.2) is 36.9 Å². The van der Waals surface area contributed by atoms with E-state index in [-0.39, 0.29) is 5.97 Å². The molecule has 5 nitrogen and oxygen atoms in total. The number of furan rings is 1. The van der Waals surface area contributed by atoms with E-state index < -0.39 is 0 Å². The molecule has 2 rings (SSSR count). The number of rotatable bonds is 5. The van der Waals surface area contributed by atoms with Crippen LogP contribution in [0.5, 0.6) is 0 Å². The molecule has 5 heteroatoms. The third-order valence-electron chi connectivity index (χ3n) is 2.73. The van der Waals surface area contributed by atoms with Gasteiger partial charge in [-0.15, -0.1) is 0 Å². The number of nitrogens with zero attached hydrogens (tertiary/aromatic N) is 2.